The predicted octanol–water partition coefficient (Wildman–Crippen LogP) is 20.8. The highest BCUT2D eigenvalue weighted by atomic mass is 79.9. The zero-order valence-corrected chi connectivity index (χ0v) is 52.6. The Morgan fingerprint density at radius 2 is 0.812 bits per heavy atom. The van der Waals surface area contributed by atoms with Crippen LogP contribution < -0.4 is 5.73 Å². The Hall–Kier alpha value is -8.36. The summed E-state index contributed by atoms with van der Waals surface area (Å²) in [6, 6.07) is 77.1. The number of halogens is 2. The lowest BCUT2D eigenvalue weighted by molar-refractivity contribution is 0.611. The third-order valence-electron chi connectivity index (χ3n) is 18.7. The summed E-state index contributed by atoms with van der Waals surface area (Å²) in [6.45, 7) is 18.3. The molecule has 4 heterocycles. The quantitative estimate of drug-likeness (QED) is 0.138. The maximum absolute atomic E-state index is 6.19. The third-order valence-corrected chi connectivity index (χ3v) is 19.6. The Morgan fingerprint density at radius 3 is 1.36 bits per heavy atom. The summed E-state index contributed by atoms with van der Waals surface area (Å²) < 4.78 is 6.92. The highest BCUT2D eigenvalue weighted by molar-refractivity contribution is 9.10. The van der Waals surface area contributed by atoms with Crippen molar-refractivity contribution in [3.63, 3.8) is 0 Å². The van der Waals surface area contributed by atoms with Crippen LogP contribution in [-0.4, -0.2) is 19.1 Å². The first-order chi connectivity index (χ1) is 41.1. The van der Waals surface area contributed by atoms with Gasteiger partial charge in [-0.1, -0.05) is 251 Å². The molecule has 418 valence electrons. The van der Waals surface area contributed by atoms with E-state index in [2.05, 4.69) is 303 Å². The van der Waals surface area contributed by atoms with Crippen LogP contribution in [0, 0.1) is 0 Å². The molecule has 1 aliphatic carbocycles. The minimum Gasteiger partial charge on any atom is -0.398 e. The largest absolute Gasteiger partial charge is 0.398 e. The van der Waals surface area contributed by atoms with E-state index in [1.807, 2.05) is 6.07 Å². The van der Waals surface area contributed by atoms with E-state index >= 15 is 0 Å². The molecule has 0 saturated heterocycles. The van der Waals surface area contributed by atoms with E-state index in [1.54, 1.807) is 0 Å². The van der Waals surface area contributed by atoms with Crippen LogP contribution in [0.3, 0.4) is 0 Å². The molecule has 0 fully saturated rings. The van der Waals surface area contributed by atoms with Gasteiger partial charge in [-0.15, -0.1) is 0 Å². The number of nitrogens with zero attached hydrogens (tertiary/aromatic N) is 4. The van der Waals surface area contributed by atoms with Crippen LogP contribution in [0.1, 0.15) is 112 Å². The van der Waals surface area contributed by atoms with Crippen molar-refractivity contribution < 1.29 is 0 Å². The molecule has 2 aromatic heterocycles. The van der Waals surface area contributed by atoms with Gasteiger partial charge in [0.25, 0.3) is 0 Å². The maximum atomic E-state index is 6.19. The van der Waals surface area contributed by atoms with E-state index in [4.69, 9.17) is 15.7 Å². The molecule has 2 aliphatic heterocycles. The summed E-state index contributed by atoms with van der Waals surface area (Å²) in [5.41, 5.74) is 32.4. The molecule has 3 aliphatic rings. The topological polar surface area (TPSA) is 61.7 Å². The standard InChI is InChI=1S/C44H34N2.C18H17BrN2.C16H16BrN/c1-4-40-45-38-27-31(26-37-43(38)46(40)39-21-13-12-20-36(39)44(37,2)3)42-34-18-10-8-16-32(34)41(33-17-9-11-19-35(33)42)30-24-22-29(23-25-30)28-14-6-5-7-15-28;1-4-16-20-14-10-11(19)9-13-17(14)21(16)15-8-6-5-7-12(15)18(13,2)3;1-16(2)13-6-4-3-5-10(13)7-12-14(16)8-11(17)9-15(12)18/h5-27H,4H2,1-3H3;5-10H,4H2,1-3H3;3-6,8-9H,7,18H2,1-2H3. The molecular formula is C78H67Br2N5. The molecule has 13 aromatic rings. The molecule has 2 N–H and O–H groups in total. The second-order valence-corrected chi connectivity index (χ2v) is 26.5. The molecule has 0 saturated carbocycles. The van der Waals surface area contributed by atoms with Gasteiger partial charge in [-0.05, 0) is 148 Å². The Balaban J connectivity index is 0.000000134. The van der Waals surface area contributed by atoms with Crippen molar-refractivity contribution in [2.24, 2.45) is 0 Å². The van der Waals surface area contributed by atoms with Gasteiger partial charge < -0.3 is 5.73 Å². The van der Waals surface area contributed by atoms with Crippen LogP contribution in [0.5, 0.6) is 0 Å². The molecule has 0 spiro atoms. The highest BCUT2D eigenvalue weighted by Crippen LogP contribution is 2.51. The Kier molecular flexibility index (Phi) is 13.3. The molecule has 11 aromatic carbocycles. The third kappa shape index (κ3) is 8.74. The van der Waals surface area contributed by atoms with E-state index < -0.39 is 0 Å². The lowest BCUT2D eigenvalue weighted by Crippen LogP contribution is -2.27. The summed E-state index contributed by atoms with van der Waals surface area (Å²) in [4.78, 5) is 10.1. The smallest absolute Gasteiger partial charge is 0.114 e. The molecule has 85 heavy (non-hydrogen) atoms. The van der Waals surface area contributed by atoms with Gasteiger partial charge in [0.15, 0.2) is 0 Å². The van der Waals surface area contributed by atoms with Crippen molar-refractivity contribution in [1.82, 2.24) is 19.1 Å². The van der Waals surface area contributed by atoms with E-state index in [-0.39, 0.29) is 16.2 Å². The van der Waals surface area contributed by atoms with Gasteiger partial charge in [-0.3, -0.25) is 9.13 Å². The Morgan fingerprint density at radius 1 is 0.400 bits per heavy atom. The lowest BCUT2D eigenvalue weighted by Gasteiger charge is -2.36. The van der Waals surface area contributed by atoms with Crippen molar-refractivity contribution in [3.05, 3.63) is 277 Å². The molecule has 0 bridgehead atoms. The maximum Gasteiger partial charge on any atom is 0.114 e. The fourth-order valence-electron chi connectivity index (χ4n) is 14.5. The fourth-order valence-corrected chi connectivity index (χ4v) is 15.4. The summed E-state index contributed by atoms with van der Waals surface area (Å²) in [5.74, 6) is 2.24. The average molecular weight is 1230 g/mol. The monoisotopic (exact) mass is 1230 g/mol. The number of nitrogens with two attached hydrogens (primary N) is 1. The number of hydrogen-bond acceptors (Lipinski definition) is 3. The van der Waals surface area contributed by atoms with Gasteiger partial charge in [0, 0.05) is 50.1 Å². The zero-order chi connectivity index (χ0) is 58.7. The molecule has 0 amide bonds. The van der Waals surface area contributed by atoms with Gasteiger partial charge in [0.1, 0.15) is 11.6 Å². The number of para-hydroxylation sites is 2. The first-order valence-electron chi connectivity index (χ1n) is 29.8. The Labute approximate surface area is 515 Å². The van der Waals surface area contributed by atoms with E-state index in [0.29, 0.717) is 0 Å². The zero-order valence-electron chi connectivity index (χ0n) is 49.5. The van der Waals surface area contributed by atoms with Crippen LogP contribution >= 0.6 is 31.9 Å². The molecule has 16 rings (SSSR count). The van der Waals surface area contributed by atoms with Crippen molar-refractivity contribution in [2.75, 3.05) is 5.73 Å². The number of aromatic nitrogens is 4. The molecule has 5 nitrogen and oxygen atoms in total. The van der Waals surface area contributed by atoms with Crippen molar-refractivity contribution in [3.8, 4) is 44.8 Å². The lowest BCUT2D eigenvalue weighted by atomic mass is 9.69. The van der Waals surface area contributed by atoms with E-state index in [9.17, 15) is 0 Å². The number of rotatable bonds is 5. The number of anilines is 1. The van der Waals surface area contributed by atoms with Crippen LogP contribution in [-0.2, 0) is 35.5 Å². The second-order valence-electron chi connectivity index (χ2n) is 24.7. The fraction of sp³-hybridized carbons (Fsp3) is 0.179. The highest BCUT2D eigenvalue weighted by Gasteiger charge is 2.38. The van der Waals surface area contributed by atoms with Crippen molar-refractivity contribution >= 4 is 81.2 Å². The SMILES string of the molecule is CC1(C)c2ccccc2Cc2c(N)cc(Br)cc21.CCc1nc2cc(-c3c4ccccc4c(-c4ccc(-c5ccccc5)cc4)c4ccccc34)cc3c2n1-c1ccccc1C3(C)C.CCc1nc2cc(Br)cc3c2n1-c1ccccc1C3(C)C. The molecule has 7 heteroatoms. The average Bonchev–Trinajstić information content (AvgIpc) is 2.02. The molecular weight excluding hydrogens is 1170 g/mol. The first kappa shape index (κ1) is 54.6. The minimum absolute atomic E-state index is 0.0142. The van der Waals surface area contributed by atoms with Gasteiger partial charge in [0.05, 0.1) is 33.4 Å². The van der Waals surface area contributed by atoms with Gasteiger partial charge in [-0.25, -0.2) is 9.97 Å². The number of aryl methyl sites for hydroxylation is 2. The van der Waals surface area contributed by atoms with Gasteiger partial charge in [-0.2, -0.15) is 0 Å². The Bertz CT molecular complexity index is 4770. The number of nitrogen functional groups attached to an aromatic ring is 1. The van der Waals surface area contributed by atoms with Crippen LogP contribution in [0.15, 0.2) is 221 Å². The number of fused-ring (bicyclic) bond motifs is 8. The van der Waals surface area contributed by atoms with E-state index in [0.717, 1.165) is 56.6 Å². The number of imidazole rings is 2. The normalized spacial score (nSPS) is 14.4. The molecule has 0 atom stereocenters. The van der Waals surface area contributed by atoms with Crippen molar-refractivity contribution in [2.45, 2.75) is 90.9 Å². The van der Waals surface area contributed by atoms with Gasteiger partial charge >= 0.3 is 0 Å². The molecule has 0 unspecified atom stereocenters. The second kappa shape index (κ2) is 20.7. The van der Waals surface area contributed by atoms with Crippen LogP contribution in [0.2, 0.25) is 0 Å². The minimum atomic E-state index is -0.169. The summed E-state index contributed by atoms with van der Waals surface area (Å²) in [7, 11) is 0. The van der Waals surface area contributed by atoms with Crippen LogP contribution in [0.25, 0.3) is 88.4 Å². The van der Waals surface area contributed by atoms with Gasteiger partial charge in [0.2, 0.25) is 0 Å². The molecule has 0 radical (unpaired) electrons. The summed E-state index contributed by atoms with van der Waals surface area (Å²) >= 11 is 7.20. The van der Waals surface area contributed by atoms with Crippen LogP contribution in [0.4, 0.5) is 5.69 Å². The summed E-state index contributed by atoms with van der Waals surface area (Å²) in [6.07, 6.45) is 2.75. The number of hydrogen-bond donors (Lipinski definition) is 1. The predicted molar refractivity (Wildman–Crippen MR) is 364 cm³/mol. The first-order valence-corrected chi connectivity index (χ1v) is 31.4. The van der Waals surface area contributed by atoms with Crippen molar-refractivity contribution in [1.29, 1.82) is 0 Å². The van der Waals surface area contributed by atoms with E-state index in [1.165, 1.54) is 122 Å². The number of benzene rings is 11. The summed E-state index contributed by atoms with van der Waals surface area (Å²) in [5, 5.41) is 5.06.